The number of hydrogen-bond acceptors (Lipinski definition) is 4. The molecular weight excluding hydrogens is 308 g/mol. The van der Waals surface area contributed by atoms with Gasteiger partial charge in [-0.1, -0.05) is 0 Å². The summed E-state index contributed by atoms with van der Waals surface area (Å²) >= 11 is 0. The minimum Gasteiger partial charge on any atom is -0.478 e. The van der Waals surface area contributed by atoms with Gasteiger partial charge >= 0.3 is 5.97 Å². The Hall–Kier alpha value is -1.93. The molecule has 1 amide bonds. The summed E-state index contributed by atoms with van der Waals surface area (Å²) in [6.07, 6.45) is 2.21. The fraction of sp³-hybridized carbons (Fsp3) is 0.429. The molecule has 1 unspecified atom stereocenters. The van der Waals surface area contributed by atoms with Crippen molar-refractivity contribution in [2.75, 3.05) is 18.1 Å². The highest BCUT2D eigenvalue weighted by Gasteiger charge is 2.36. The Labute approximate surface area is 129 Å². The van der Waals surface area contributed by atoms with Crippen molar-refractivity contribution >= 4 is 27.6 Å². The molecule has 1 aliphatic heterocycles. The number of sulfonamides is 1. The van der Waals surface area contributed by atoms with E-state index in [1.165, 1.54) is 16.4 Å². The standard InChI is InChI=1S/C14H18N2O5S/c1-9-8-10(5-6-11(9)14(18)19)15-13(17)12-4-3-7-16(12)22(2,20)21/h5-6,8,12H,3-4,7H2,1-2H3,(H,15,17)(H,18,19). The molecule has 22 heavy (non-hydrogen) atoms. The fourth-order valence-electron chi connectivity index (χ4n) is 2.61. The Morgan fingerprint density at radius 3 is 2.59 bits per heavy atom. The molecule has 8 heteroatoms. The molecule has 0 aromatic heterocycles. The molecule has 1 aliphatic rings. The van der Waals surface area contributed by atoms with Crippen LogP contribution in [0.4, 0.5) is 5.69 Å². The van der Waals surface area contributed by atoms with Crippen LogP contribution in [0.1, 0.15) is 28.8 Å². The number of hydrogen-bond donors (Lipinski definition) is 2. The number of carboxylic acid groups (broad SMARTS) is 1. The molecule has 120 valence electrons. The van der Waals surface area contributed by atoms with E-state index in [2.05, 4.69) is 5.32 Å². The van der Waals surface area contributed by atoms with Crippen molar-refractivity contribution in [3.8, 4) is 0 Å². The zero-order valence-electron chi connectivity index (χ0n) is 12.4. The number of carbonyl (C=O) groups excluding carboxylic acids is 1. The predicted molar refractivity (Wildman–Crippen MR) is 81.3 cm³/mol. The van der Waals surface area contributed by atoms with Gasteiger partial charge in [-0.25, -0.2) is 13.2 Å². The second-order valence-electron chi connectivity index (χ2n) is 5.36. The molecule has 0 saturated carbocycles. The number of benzene rings is 1. The minimum atomic E-state index is -3.42. The molecule has 1 saturated heterocycles. The molecule has 1 heterocycles. The Morgan fingerprint density at radius 1 is 1.36 bits per heavy atom. The molecular formula is C14H18N2O5S. The van der Waals surface area contributed by atoms with Crippen LogP contribution in [0.2, 0.25) is 0 Å². The quantitative estimate of drug-likeness (QED) is 0.861. The van der Waals surface area contributed by atoms with Crippen molar-refractivity contribution in [1.29, 1.82) is 0 Å². The highest BCUT2D eigenvalue weighted by molar-refractivity contribution is 7.88. The van der Waals surface area contributed by atoms with Crippen LogP contribution in [0.3, 0.4) is 0 Å². The van der Waals surface area contributed by atoms with Crippen molar-refractivity contribution in [3.05, 3.63) is 29.3 Å². The van der Waals surface area contributed by atoms with Crippen LogP contribution in [0.5, 0.6) is 0 Å². The summed E-state index contributed by atoms with van der Waals surface area (Å²) in [6, 6.07) is 3.75. The summed E-state index contributed by atoms with van der Waals surface area (Å²) in [5.74, 6) is -1.43. The van der Waals surface area contributed by atoms with Gasteiger partial charge in [-0.2, -0.15) is 4.31 Å². The average Bonchev–Trinajstić information content (AvgIpc) is 2.87. The van der Waals surface area contributed by atoms with Gasteiger partial charge in [0.2, 0.25) is 15.9 Å². The predicted octanol–water partition coefficient (Wildman–Crippen LogP) is 1.06. The van der Waals surface area contributed by atoms with E-state index >= 15 is 0 Å². The third-order valence-electron chi connectivity index (χ3n) is 3.66. The van der Waals surface area contributed by atoms with Crippen molar-refractivity contribution < 1.29 is 23.1 Å². The van der Waals surface area contributed by atoms with Gasteiger partial charge in [-0.15, -0.1) is 0 Å². The summed E-state index contributed by atoms with van der Waals surface area (Å²) in [4.78, 5) is 23.2. The summed E-state index contributed by atoms with van der Waals surface area (Å²) in [5.41, 5.74) is 1.14. The first kappa shape index (κ1) is 16.4. The van der Waals surface area contributed by atoms with E-state index in [9.17, 15) is 18.0 Å². The van der Waals surface area contributed by atoms with Crippen molar-refractivity contribution in [2.24, 2.45) is 0 Å². The van der Waals surface area contributed by atoms with E-state index < -0.39 is 27.9 Å². The number of amides is 1. The number of anilines is 1. The number of nitrogens with zero attached hydrogens (tertiary/aromatic N) is 1. The van der Waals surface area contributed by atoms with Gasteiger partial charge < -0.3 is 10.4 Å². The maximum absolute atomic E-state index is 12.3. The van der Waals surface area contributed by atoms with Gasteiger partial charge in [0.15, 0.2) is 0 Å². The first-order valence-corrected chi connectivity index (χ1v) is 8.66. The lowest BCUT2D eigenvalue weighted by Crippen LogP contribution is -2.42. The average molecular weight is 326 g/mol. The summed E-state index contributed by atoms with van der Waals surface area (Å²) in [5, 5.41) is 11.6. The first-order chi connectivity index (χ1) is 10.2. The van der Waals surface area contributed by atoms with Crippen LogP contribution in [0.25, 0.3) is 0 Å². The Morgan fingerprint density at radius 2 is 2.05 bits per heavy atom. The van der Waals surface area contributed by atoms with Gasteiger partial charge in [-0.3, -0.25) is 4.79 Å². The number of nitrogens with one attached hydrogen (secondary N) is 1. The molecule has 0 spiro atoms. The normalized spacial score (nSPS) is 19.1. The van der Waals surface area contributed by atoms with E-state index in [4.69, 9.17) is 5.11 Å². The Kier molecular flexibility index (Phi) is 4.52. The maximum Gasteiger partial charge on any atom is 0.335 e. The summed E-state index contributed by atoms with van der Waals surface area (Å²) < 4.78 is 24.5. The lowest BCUT2D eigenvalue weighted by Gasteiger charge is -2.21. The smallest absolute Gasteiger partial charge is 0.335 e. The highest BCUT2D eigenvalue weighted by Crippen LogP contribution is 2.22. The SMILES string of the molecule is Cc1cc(NC(=O)C2CCCN2S(C)(=O)=O)ccc1C(=O)O. The van der Waals surface area contributed by atoms with Gasteiger partial charge in [0, 0.05) is 12.2 Å². The molecule has 1 fully saturated rings. The lowest BCUT2D eigenvalue weighted by atomic mass is 10.1. The topological polar surface area (TPSA) is 104 Å². The number of aromatic carboxylic acids is 1. The molecule has 0 radical (unpaired) electrons. The second kappa shape index (κ2) is 6.05. The molecule has 7 nitrogen and oxygen atoms in total. The Balaban J connectivity index is 2.15. The Bertz CT molecular complexity index is 714. The molecule has 1 aromatic carbocycles. The molecule has 2 N–H and O–H groups in total. The van der Waals surface area contributed by atoms with Gasteiger partial charge in [0.25, 0.3) is 0 Å². The zero-order chi connectivity index (χ0) is 16.5. The monoisotopic (exact) mass is 326 g/mol. The summed E-state index contributed by atoms with van der Waals surface area (Å²) in [7, 11) is -3.42. The van der Waals surface area contributed by atoms with Crippen molar-refractivity contribution in [3.63, 3.8) is 0 Å². The zero-order valence-corrected chi connectivity index (χ0v) is 13.2. The van der Waals surface area contributed by atoms with Crippen LogP contribution in [0, 0.1) is 6.92 Å². The fourth-order valence-corrected chi connectivity index (χ4v) is 3.73. The molecule has 2 rings (SSSR count). The molecule has 1 atom stereocenters. The van der Waals surface area contributed by atoms with Crippen LogP contribution in [0.15, 0.2) is 18.2 Å². The third-order valence-corrected chi connectivity index (χ3v) is 4.95. The van der Waals surface area contributed by atoms with E-state index in [0.29, 0.717) is 30.6 Å². The summed E-state index contributed by atoms with van der Waals surface area (Å²) in [6.45, 7) is 1.98. The van der Waals surface area contributed by atoms with Crippen LogP contribution in [-0.4, -0.2) is 48.5 Å². The van der Waals surface area contributed by atoms with Crippen molar-refractivity contribution in [1.82, 2.24) is 4.31 Å². The van der Waals surface area contributed by atoms with Gasteiger partial charge in [0.05, 0.1) is 11.8 Å². The third kappa shape index (κ3) is 3.45. The second-order valence-corrected chi connectivity index (χ2v) is 7.29. The first-order valence-electron chi connectivity index (χ1n) is 6.82. The minimum absolute atomic E-state index is 0.164. The molecule has 1 aromatic rings. The van der Waals surface area contributed by atoms with E-state index in [1.807, 2.05) is 0 Å². The van der Waals surface area contributed by atoms with E-state index in [1.54, 1.807) is 13.0 Å². The number of carboxylic acids is 1. The van der Waals surface area contributed by atoms with Crippen molar-refractivity contribution in [2.45, 2.75) is 25.8 Å². The van der Waals surface area contributed by atoms with E-state index in [0.717, 1.165) is 6.26 Å². The molecule has 0 bridgehead atoms. The van der Waals surface area contributed by atoms with Crippen LogP contribution < -0.4 is 5.32 Å². The molecule has 0 aliphatic carbocycles. The van der Waals surface area contributed by atoms with Crippen LogP contribution in [-0.2, 0) is 14.8 Å². The van der Waals surface area contributed by atoms with Crippen LogP contribution >= 0.6 is 0 Å². The lowest BCUT2D eigenvalue weighted by molar-refractivity contribution is -0.119. The number of carbonyl (C=O) groups is 2. The number of aryl methyl sites for hydroxylation is 1. The number of rotatable bonds is 4. The highest BCUT2D eigenvalue weighted by atomic mass is 32.2. The van der Waals surface area contributed by atoms with Gasteiger partial charge in [-0.05, 0) is 43.5 Å². The van der Waals surface area contributed by atoms with Gasteiger partial charge in [0.1, 0.15) is 6.04 Å². The maximum atomic E-state index is 12.3. The van der Waals surface area contributed by atoms with E-state index in [-0.39, 0.29) is 5.56 Å². The largest absolute Gasteiger partial charge is 0.478 e.